The summed E-state index contributed by atoms with van der Waals surface area (Å²) >= 11 is 0. The molecule has 2 atom stereocenters. The van der Waals surface area contributed by atoms with Crippen molar-refractivity contribution in [3.63, 3.8) is 0 Å². The second-order valence-corrected chi connectivity index (χ2v) is 18.4. The zero-order valence-electron chi connectivity index (χ0n) is 38.0. The lowest BCUT2D eigenvalue weighted by molar-refractivity contribution is -0.138. The number of ether oxygens (including phenoxy) is 3. The van der Waals surface area contributed by atoms with Gasteiger partial charge in [-0.1, -0.05) is 0 Å². The molecular weight excluding hydrogens is 823 g/mol. The topological polar surface area (TPSA) is 161 Å². The van der Waals surface area contributed by atoms with Crippen molar-refractivity contribution < 1.29 is 32.6 Å². The van der Waals surface area contributed by atoms with Gasteiger partial charge in [0.25, 0.3) is 0 Å². The Bertz CT molecular complexity index is 2270. The van der Waals surface area contributed by atoms with Gasteiger partial charge in [-0.05, 0) is 109 Å². The summed E-state index contributed by atoms with van der Waals surface area (Å²) in [5, 5.41) is 16.0. The number of anilines is 1. The number of nitrogens with zero attached hydrogens (tertiary/aromatic N) is 8. The number of pyridine rings is 2. The molecule has 1 unspecified atom stereocenters. The number of carbonyl (C=O) groups excluding carboxylic acids is 2. The number of halogens is 2. The summed E-state index contributed by atoms with van der Waals surface area (Å²) in [5.41, 5.74) is 3.88. The smallest absolute Gasteiger partial charge is 0.410 e. The highest BCUT2D eigenvalue weighted by Crippen LogP contribution is 2.41. The maximum absolute atomic E-state index is 15.6. The van der Waals surface area contributed by atoms with Crippen LogP contribution in [0.2, 0.25) is 0 Å². The number of rotatable bonds is 13. The number of hydrogen-bond donors (Lipinski definition) is 2. The van der Waals surface area contributed by atoms with E-state index in [1.807, 2.05) is 39.5 Å². The molecule has 7 rings (SSSR count). The lowest BCUT2D eigenvalue weighted by Crippen LogP contribution is -2.55. The number of aryl methyl sites for hydroxylation is 1. The highest BCUT2D eigenvalue weighted by Gasteiger charge is 2.39. The number of aromatic nitrogens is 2. The maximum Gasteiger partial charge on any atom is 0.410 e. The van der Waals surface area contributed by atoms with Crippen LogP contribution in [0.25, 0.3) is 16.6 Å². The molecule has 1 spiro atoms. The monoisotopic (exact) mass is 884 g/mol. The quantitative estimate of drug-likeness (QED) is 0.189. The van der Waals surface area contributed by atoms with Gasteiger partial charge in [-0.15, -0.1) is 0 Å². The number of nitrogens with one attached hydrogen (secondary N) is 2. The van der Waals surface area contributed by atoms with Crippen molar-refractivity contribution in [2.24, 2.45) is 10.4 Å². The number of fused-ring (bicyclic) bond motifs is 1. The number of carbonyl (C=O) groups is 2. The van der Waals surface area contributed by atoms with Crippen LogP contribution in [0.15, 0.2) is 35.5 Å². The van der Waals surface area contributed by atoms with Gasteiger partial charge in [-0.2, -0.15) is 5.26 Å². The number of nitriles is 1. The Morgan fingerprint density at radius 2 is 1.64 bits per heavy atom. The van der Waals surface area contributed by atoms with Crippen LogP contribution in [-0.2, 0) is 19.0 Å². The lowest BCUT2D eigenvalue weighted by atomic mass is 9.71. The fraction of sp³-hybridized carbons (Fsp3) is 0.574. The molecule has 0 aliphatic carbocycles. The molecular formula is C47H62F2N10O5. The molecule has 2 amide bonds. The summed E-state index contributed by atoms with van der Waals surface area (Å²) in [5.74, 6) is -1.07. The third-order valence-corrected chi connectivity index (χ3v) is 12.9. The molecule has 4 aliphatic heterocycles. The Balaban J connectivity index is 0.805. The summed E-state index contributed by atoms with van der Waals surface area (Å²) in [7, 11) is 0. The number of piperidine rings is 2. The molecule has 3 aromatic rings. The zero-order chi connectivity index (χ0) is 45.6. The number of aliphatic imine (C=N–C) groups is 1. The van der Waals surface area contributed by atoms with Crippen LogP contribution < -0.4 is 10.6 Å². The average Bonchev–Trinajstić information content (AvgIpc) is 3.28. The van der Waals surface area contributed by atoms with Crippen molar-refractivity contribution in [1.82, 2.24) is 34.9 Å². The number of benzene rings is 1. The predicted octanol–water partition coefficient (Wildman–Crippen LogP) is 6.16. The fourth-order valence-electron chi connectivity index (χ4n) is 8.84. The minimum atomic E-state index is -0.559. The van der Waals surface area contributed by atoms with Crippen molar-refractivity contribution in [3.8, 4) is 6.07 Å². The predicted molar refractivity (Wildman–Crippen MR) is 240 cm³/mol. The molecule has 64 heavy (non-hydrogen) atoms. The Labute approximate surface area is 374 Å². The highest BCUT2D eigenvalue weighted by atomic mass is 19.1. The average molecular weight is 885 g/mol. The van der Waals surface area contributed by atoms with Gasteiger partial charge in [0.05, 0.1) is 48.7 Å². The Morgan fingerprint density at radius 3 is 2.31 bits per heavy atom. The largest absolute Gasteiger partial charge is 0.444 e. The number of amides is 2. The van der Waals surface area contributed by atoms with E-state index in [0.29, 0.717) is 90.5 Å². The van der Waals surface area contributed by atoms with E-state index < -0.39 is 29.6 Å². The highest BCUT2D eigenvalue weighted by molar-refractivity contribution is 6.10. The van der Waals surface area contributed by atoms with Crippen molar-refractivity contribution in [2.75, 3.05) is 90.6 Å². The summed E-state index contributed by atoms with van der Waals surface area (Å²) in [6.45, 7) is 19.2. The maximum atomic E-state index is 15.6. The fourth-order valence-corrected chi connectivity index (χ4v) is 8.84. The van der Waals surface area contributed by atoms with E-state index >= 15 is 4.39 Å². The van der Waals surface area contributed by atoms with Crippen LogP contribution >= 0.6 is 0 Å². The molecule has 3 fully saturated rings. The van der Waals surface area contributed by atoms with Gasteiger partial charge >= 0.3 is 6.09 Å². The van der Waals surface area contributed by atoms with E-state index in [4.69, 9.17) is 19.2 Å². The minimum Gasteiger partial charge on any atom is -0.444 e. The van der Waals surface area contributed by atoms with E-state index in [9.17, 15) is 19.2 Å². The summed E-state index contributed by atoms with van der Waals surface area (Å²) in [6.07, 6.45) is 7.01. The molecule has 15 nitrogen and oxygen atoms in total. The van der Waals surface area contributed by atoms with Gasteiger partial charge in [0.2, 0.25) is 5.91 Å². The van der Waals surface area contributed by atoms with Gasteiger partial charge in [0.15, 0.2) is 12.1 Å². The minimum absolute atomic E-state index is 0.00476. The Morgan fingerprint density at radius 1 is 0.938 bits per heavy atom. The van der Waals surface area contributed by atoms with Crippen LogP contribution in [0.5, 0.6) is 0 Å². The zero-order valence-corrected chi connectivity index (χ0v) is 38.0. The summed E-state index contributed by atoms with van der Waals surface area (Å²) in [4.78, 5) is 47.6. The first-order valence-electron chi connectivity index (χ1n) is 22.4. The summed E-state index contributed by atoms with van der Waals surface area (Å²) in [6, 6.07) is 7.09. The van der Waals surface area contributed by atoms with Crippen LogP contribution in [0, 0.1) is 42.2 Å². The molecule has 17 heteroatoms. The molecule has 2 aromatic heterocycles. The van der Waals surface area contributed by atoms with E-state index in [-0.39, 0.29) is 24.3 Å². The number of likely N-dealkylation sites (tertiary alicyclic amines) is 2. The van der Waals surface area contributed by atoms with Gasteiger partial charge in [0.1, 0.15) is 29.2 Å². The molecule has 6 heterocycles. The number of hydrogen-bond acceptors (Lipinski definition) is 13. The van der Waals surface area contributed by atoms with Crippen LogP contribution in [0.1, 0.15) is 87.5 Å². The molecule has 3 saturated heterocycles. The van der Waals surface area contributed by atoms with Crippen molar-refractivity contribution in [2.45, 2.75) is 85.2 Å². The molecule has 1 aromatic carbocycles. The van der Waals surface area contributed by atoms with Gasteiger partial charge < -0.3 is 39.5 Å². The van der Waals surface area contributed by atoms with Crippen molar-refractivity contribution in [1.29, 1.82) is 5.26 Å². The van der Waals surface area contributed by atoms with E-state index in [1.54, 1.807) is 24.2 Å². The van der Waals surface area contributed by atoms with E-state index in [0.717, 1.165) is 64.0 Å². The molecule has 344 valence electrons. The van der Waals surface area contributed by atoms with Gasteiger partial charge in [-0.25, -0.2) is 18.6 Å². The molecule has 4 aliphatic rings. The second kappa shape index (κ2) is 20.3. The number of piperazine rings is 1. The van der Waals surface area contributed by atoms with Crippen molar-refractivity contribution in [3.05, 3.63) is 70.2 Å². The van der Waals surface area contributed by atoms with Crippen molar-refractivity contribution >= 4 is 40.5 Å². The molecule has 0 saturated carbocycles. The van der Waals surface area contributed by atoms with E-state index in [1.165, 1.54) is 24.3 Å². The molecule has 0 bridgehead atoms. The van der Waals surface area contributed by atoms with Crippen LogP contribution in [0.4, 0.5) is 19.3 Å². The third-order valence-electron chi connectivity index (χ3n) is 12.9. The summed E-state index contributed by atoms with van der Waals surface area (Å²) < 4.78 is 47.6. The normalized spacial score (nSPS) is 19.9. The first-order valence-corrected chi connectivity index (χ1v) is 22.4. The molecule has 2 N–H and O–H groups in total. The SMILES string of the molecule is Cc1nc2cc(F)c(C3=CNC(N4CCN(C(=O)COCCOCCN5CCC6(CC5)CCN(C(=O)OC(C)(C)C)CC6)CC4)N=C3)nc2c(N[C@H](C)c2cc(C#N)ccc2F)c1C. The first kappa shape index (κ1) is 46.7. The van der Waals surface area contributed by atoms with Gasteiger partial charge in [0, 0.05) is 81.1 Å². The Kier molecular flexibility index (Phi) is 14.8. The Hall–Kier alpha value is -5.28. The van der Waals surface area contributed by atoms with Crippen LogP contribution in [0.3, 0.4) is 0 Å². The standard InChI is InChI=1S/C47H62F2N10O5/c1-31-32(2)53-39-26-38(49)42(55-43(39)41(31)54-33(3)36-25-34(27-50)7-8-37(36)48)35-28-51-44(52-29-35)58-19-17-57(18-20-58)40(60)30-63-24-23-62-22-21-56-13-9-47(10-14-56)11-15-59(16-12-47)45(61)64-46(4,5)6/h7-8,25-26,28-29,33,44,51H,9-24,30H2,1-6H3,(H,53,54)/t33-,44?/m1/s1. The van der Waals surface area contributed by atoms with Crippen LogP contribution in [-0.4, -0.2) is 145 Å². The van der Waals surface area contributed by atoms with E-state index in [2.05, 4.69) is 36.5 Å². The third kappa shape index (κ3) is 11.3. The molecule has 0 radical (unpaired) electrons. The lowest BCUT2D eigenvalue weighted by Gasteiger charge is -2.46. The first-order chi connectivity index (χ1) is 30.6. The number of allylic oxidation sites excluding steroid dienone is 1. The van der Waals surface area contributed by atoms with Gasteiger partial charge in [-0.3, -0.25) is 19.7 Å². The second-order valence-electron chi connectivity index (χ2n) is 18.4.